The van der Waals surface area contributed by atoms with Crippen LogP contribution in [0, 0.1) is 11.6 Å². The molecular formula is C23H19ClF2N6O. The Labute approximate surface area is 193 Å². The average Bonchev–Trinajstić information content (AvgIpc) is 3.52. The van der Waals surface area contributed by atoms with Crippen LogP contribution in [0.15, 0.2) is 51.3 Å². The highest BCUT2D eigenvalue weighted by molar-refractivity contribution is 6.34. The van der Waals surface area contributed by atoms with Crippen LogP contribution in [-0.4, -0.2) is 30.6 Å². The Balaban J connectivity index is 1.34. The van der Waals surface area contributed by atoms with E-state index in [-0.39, 0.29) is 11.4 Å². The Kier molecular flexibility index (Phi) is 5.72. The second-order valence-electron chi connectivity index (χ2n) is 7.80. The number of unbranched alkanes of at least 4 members (excludes halogenated alkanes) is 1. The van der Waals surface area contributed by atoms with Gasteiger partial charge in [0.2, 0.25) is 0 Å². The summed E-state index contributed by atoms with van der Waals surface area (Å²) in [6, 6.07) is 5.72. The van der Waals surface area contributed by atoms with Gasteiger partial charge < -0.3 is 4.52 Å². The molecule has 0 saturated carbocycles. The molecule has 2 aromatic rings. The molecule has 0 spiro atoms. The van der Waals surface area contributed by atoms with Gasteiger partial charge in [-0.15, -0.1) is 0 Å². The van der Waals surface area contributed by atoms with Gasteiger partial charge >= 0.3 is 0 Å². The van der Waals surface area contributed by atoms with Crippen LogP contribution < -0.4 is 0 Å². The minimum absolute atomic E-state index is 0.000122. The van der Waals surface area contributed by atoms with Crippen molar-refractivity contribution in [2.75, 3.05) is 0 Å². The van der Waals surface area contributed by atoms with Crippen molar-refractivity contribution in [3.63, 3.8) is 0 Å². The minimum Gasteiger partial charge on any atom is -0.359 e. The number of fused-ring (bicyclic) bond motifs is 1. The van der Waals surface area contributed by atoms with Crippen LogP contribution >= 0.6 is 11.6 Å². The number of benzene rings is 1. The molecule has 0 amide bonds. The predicted molar refractivity (Wildman–Crippen MR) is 120 cm³/mol. The zero-order chi connectivity index (χ0) is 22.9. The van der Waals surface area contributed by atoms with E-state index in [1.165, 1.54) is 18.3 Å². The fraction of sp³-hybridized carbons (Fsp3) is 0.261. The number of imidazole rings is 1. The molecule has 0 fully saturated rings. The van der Waals surface area contributed by atoms with Gasteiger partial charge in [0.25, 0.3) is 0 Å². The first-order valence-electron chi connectivity index (χ1n) is 10.6. The molecule has 4 heterocycles. The molecule has 7 nitrogen and oxygen atoms in total. The van der Waals surface area contributed by atoms with Crippen molar-refractivity contribution in [2.45, 2.75) is 39.2 Å². The second kappa shape index (κ2) is 8.82. The molecular weight excluding hydrogens is 450 g/mol. The van der Waals surface area contributed by atoms with Crippen molar-refractivity contribution in [3.05, 3.63) is 64.9 Å². The third-order valence-corrected chi connectivity index (χ3v) is 5.71. The normalized spacial score (nSPS) is 13.9. The molecule has 0 N–H and O–H groups in total. The van der Waals surface area contributed by atoms with Crippen molar-refractivity contribution < 1.29 is 13.3 Å². The Morgan fingerprint density at radius 3 is 2.85 bits per heavy atom. The molecule has 168 valence electrons. The maximum Gasteiger partial charge on any atom is 0.169 e. The van der Waals surface area contributed by atoms with Gasteiger partial charge in [-0.3, -0.25) is 4.68 Å². The van der Waals surface area contributed by atoms with Gasteiger partial charge in [-0.2, -0.15) is 5.10 Å². The van der Waals surface area contributed by atoms with Crippen molar-refractivity contribution in [2.24, 2.45) is 4.99 Å². The number of aromatic nitrogens is 5. The lowest BCUT2D eigenvalue weighted by Crippen LogP contribution is -2.04. The minimum atomic E-state index is -0.982. The Bertz CT molecular complexity index is 1360. The lowest BCUT2D eigenvalue weighted by Gasteiger charge is -2.03. The molecule has 5 rings (SSSR count). The van der Waals surface area contributed by atoms with Crippen molar-refractivity contribution in [1.29, 1.82) is 0 Å². The van der Waals surface area contributed by atoms with Gasteiger partial charge in [-0.25, -0.2) is 23.7 Å². The van der Waals surface area contributed by atoms with E-state index >= 15 is 0 Å². The first kappa shape index (κ1) is 21.4. The van der Waals surface area contributed by atoms with Crippen molar-refractivity contribution in [1.82, 2.24) is 24.9 Å². The van der Waals surface area contributed by atoms with Crippen LogP contribution in [0.2, 0.25) is 0 Å². The van der Waals surface area contributed by atoms with E-state index in [0.717, 1.165) is 36.6 Å². The highest BCUT2D eigenvalue weighted by Gasteiger charge is 2.22. The Morgan fingerprint density at radius 1 is 1.15 bits per heavy atom. The number of halogens is 3. The smallest absolute Gasteiger partial charge is 0.169 e. The van der Waals surface area contributed by atoms with Gasteiger partial charge in [0.15, 0.2) is 23.2 Å². The largest absolute Gasteiger partial charge is 0.359 e. The summed E-state index contributed by atoms with van der Waals surface area (Å²) >= 11 is 6.32. The van der Waals surface area contributed by atoms with Crippen LogP contribution in [0.25, 0.3) is 28.3 Å². The standard InChI is InChI=1S/C23H19ClF2N6O/c1-2-3-5-13-8-16(22(24)28-13)18-9-14(33-31-18)11-32-12-20-19(10-27-32)29-23(30-20)15-6-4-7-17(25)21(15)26/h4,6-7,9-10,12H,2-3,5,8,11H2,1H3. The quantitative estimate of drug-likeness (QED) is 0.325. The number of allylic oxidation sites excluding steroid dienone is 1. The van der Waals surface area contributed by atoms with Crippen LogP contribution in [0.1, 0.15) is 44.1 Å². The van der Waals surface area contributed by atoms with E-state index in [0.29, 0.717) is 41.0 Å². The molecule has 0 bridgehead atoms. The Hall–Kier alpha value is -3.46. The second-order valence-corrected chi connectivity index (χ2v) is 8.15. The molecule has 0 aliphatic carbocycles. The summed E-state index contributed by atoms with van der Waals surface area (Å²) in [6.07, 6.45) is 6.95. The van der Waals surface area contributed by atoms with Crippen LogP contribution in [0.5, 0.6) is 0 Å². The summed E-state index contributed by atoms with van der Waals surface area (Å²) in [6.45, 7) is 2.44. The van der Waals surface area contributed by atoms with Crippen LogP contribution in [0.4, 0.5) is 8.78 Å². The van der Waals surface area contributed by atoms with E-state index in [9.17, 15) is 8.78 Å². The third kappa shape index (κ3) is 4.28. The van der Waals surface area contributed by atoms with Crippen LogP contribution in [-0.2, 0) is 6.54 Å². The molecule has 1 aromatic heterocycles. The first-order chi connectivity index (χ1) is 16.0. The van der Waals surface area contributed by atoms with Crippen molar-refractivity contribution >= 4 is 22.9 Å². The number of hydrogen-bond acceptors (Lipinski definition) is 6. The zero-order valence-electron chi connectivity index (χ0n) is 17.7. The summed E-state index contributed by atoms with van der Waals surface area (Å²) in [7, 11) is 0. The van der Waals surface area contributed by atoms with E-state index in [1.807, 2.05) is 6.07 Å². The highest BCUT2D eigenvalue weighted by atomic mass is 35.5. The summed E-state index contributed by atoms with van der Waals surface area (Å²) in [5.41, 5.74) is 3.54. The number of rotatable bonds is 7. The monoisotopic (exact) mass is 468 g/mol. The predicted octanol–water partition coefficient (Wildman–Crippen LogP) is 5.70. The zero-order valence-corrected chi connectivity index (χ0v) is 18.5. The summed E-state index contributed by atoms with van der Waals surface area (Å²) in [5.74, 6) is -1.25. The van der Waals surface area contributed by atoms with E-state index in [1.54, 1.807) is 10.9 Å². The van der Waals surface area contributed by atoms with Gasteiger partial charge in [-0.05, 0) is 25.0 Å². The average molecular weight is 469 g/mol. The number of aliphatic imine (C=N–C) groups is 1. The lowest BCUT2D eigenvalue weighted by molar-refractivity contribution is 0.369. The number of hydrogen-bond donors (Lipinski definition) is 0. The van der Waals surface area contributed by atoms with Gasteiger partial charge in [0.05, 0.1) is 18.0 Å². The first-order valence-corrected chi connectivity index (χ1v) is 10.9. The molecule has 3 aliphatic heterocycles. The number of nitrogens with zero attached hydrogens (tertiary/aromatic N) is 6. The van der Waals surface area contributed by atoms with Crippen LogP contribution in [0.3, 0.4) is 0 Å². The van der Waals surface area contributed by atoms with Gasteiger partial charge in [0, 0.05) is 23.8 Å². The maximum absolute atomic E-state index is 14.1. The molecule has 33 heavy (non-hydrogen) atoms. The molecule has 0 saturated heterocycles. The summed E-state index contributed by atoms with van der Waals surface area (Å²) in [4.78, 5) is 13.0. The third-order valence-electron chi connectivity index (χ3n) is 5.40. The van der Waals surface area contributed by atoms with Crippen molar-refractivity contribution in [3.8, 4) is 22.8 Å². The SMILES string of the molecule is CCCCC1=NC(Cl)=C(c2cc(Cn3cc4nc(-c5cccc(F)c5F)nc-4cn3)on2)C1. The fourth-order valence-electron chi connectivity index (χ4n) is 3.68. The summed E-state index contributed by atoms with van der Waals surface area (Å²) < 4.78 is 34.8. The summed E-state index contributed by atoms with van der Waals surface area (Å²) in [5, 5.41) is 8.92. The fourth-order valence-corrected chi connectivity index (χ4v) is 3.96. The molecule has 1 aromatic carbocycles. The van der Waals surface area contributed by atoms with E-state index < -0.39 is 11.6 Å². The maximum atomic E-state index is 14.1. The molecule has 0 atom stereocenters. The molecule has 0 radical (unpaired) electrons. The highest BCUT2D eigenvalue weighted by Crippen LogP contribution is 2.33. The molecule has 3 aliphatic rings. The molecule has 0 unspecified atom stereocenters. The van der Waals surface area contributed by atoms with E-state index in [2.05, 4.69) is 32.1 Å². The van der Waals surface area contributed by atoms with Gasteiger partial charge in [0.1, 0.15) is 28.8 Å². The van der Waals surface area contributed by atoms with E-state index in [4.69, 9.17) is 16.1 Å². The topological polar surface area (TPSA) is 82.0 Å². The lowest BCUT2D eigenvalue weighted by atomic mass is 10.0. The van der Waals surface area contributed by atoms with Gasteiger partial charge in [-0.1, -0.05) is 36.2 Å². The molecule has 10 heteroatoms. The Morgan fingerprint density at radius 2 is 2.00 bits per heavy atom.